The van der Waals surface area contributed by atoms with Crippen LogP contribution < -0.4 is 0 Å². The highest BCUT2D eigenvalue weighted by molar-refractivity contribution is 7.99. The summed E-state index contributed by atoms with van der Waals surface area (Å²) in [6.07, 6.45) is 5.90. The Labute approximate surface area is 160 Å². The normalized spacial score (nSPS) is 17.9. The van der Waals surface area contributed by atoms with Crippen LogP contribution in [0.1, 0.15) is 36.4 Å². The van der Waals surface area contributed by atoms with Gasteiger partial charge in [-0.15, -0.1) is 0 Å². The fourth-order valence-electron chi connectivity index (χ4n) is 3.63. The highest BCUT2D eigenvalue weighted by Gasteiger charge is 2.24. The Kier molecular flexibility index (Phi) is 5.68. The van der Waals surface area contributed by atoms with Gasteiger partial charge in [0.15, 0.2) is 0 Å². The van der Waals surface area contributed by atoms with Crippen molar-refractivity contribution in [2.75, 3.05) is 6.54 Å². The van der Waals surface area contributed by atoms with Gasteiger partial charge in [-0.2, -0.15) is 0 Å². The molecule has 0 radical (unpaired) electrons. The molecule has 2 aromatic carbocycles. The molecule has 0 N–H and O–H groups in total. The summed E-state index contributed by atoms with van der Waals surface area (Å²) in [4.78, 5) is 8.57. The van der Waals surface area contributed by atoms with Crippen LogP contribution in [-0.4, -0.2) is 16.4 Å². The zero-order chi connectivity index (χ0) is 17.6. The number of benzene rings is 2. The molecule has 0 saturated carbocycles. The van der Waals surface area contributed by atoms with Crippen molar-refractivity contribution < 1.29 is 0 Å². The quantitative estimate of drug-likeness (QED) is 0.558. The maximum Gasteiger partial charge on any atom is 0.101 e. The number of hydrogen-bond donors (Lipinski definition) is 0. The molecule has 3 heteroatoms. The molecule has 0 amide bonds. The molecule has 4 rings (SSSR count). The number of hydrogen-bond acceptors (Lipinski definition) is 3. The van der Waals surface area contributed by atoms with Gasteiger partial charge in [-0.05, 0) is 48.7 Å². The van der Waals surface area contributed by atoms with E-state index >= 15 is 0 Å². The van der Waals surface area contributed by atoms with E-state index in [1.54, 1.807) is 11.8 Å². The first-order valence-electron chi connectivity index (χ1n) is 9.35. The Morgan fingerprint density at radius 2 is 1.65 bits per heavy atom. The second kappa shape index (κ2) is 8.52. The second-order valence-corrected chi connectivity index (χ2v) is 7.91. The van der Waals surface area contributed by atoms with Crippen LogP contribution in [0.3, 0.4) is 0 Å². The summed E-state index contributed by atoms with van der Waals surface area (Å²) in [5, 5.41) is 1.06. The lowest BCUT2D eigenvalue weighted by atomic mass is 9.96. The molecule has 3 aromatic rings. The molecule has 1 aliphatic heterocycles. The van der Waals surface area contributed by atoms with E-state index in [-0.39, 0.29) is 0 Å². The van der Waals surface area contributed by atoms with Gasteiger partial charge in [0.25, 0.3) is 0 Å². The molecule has 1 fully saturated rings. The Hall–Kier alpha value is -2.10. The number of aromatic nitrogens is 1. The molecule has 0 aliphatic carbocycles. The summed E-state index contributed by atoms with van der Waals surface area (Å²) in [5.74, 6) is 0. The Balaban J connectivity index is 1.47. The van der Waals surface area contributed by atoms with Gasteiger partial charge in [-0.25, -0.2) is 4.98 Å². The number of rotatable bonds is 5. The van der Waals surface area contributed by atoms with Gasteiger partial charge in [0, 0.05) is 23.7 Å². The van der Waals surface area contributed by atoms with E-state index < -0.39 is 0 Å². The largest absolute Gasteiger partial charge is 0.292 e. The molecular formula is C23H24N2S. The molecule has 2 nitrogen and oxygen atoms in total. The third-order valence-corrected chi connectivity index (χ3v) is 5.91. The molecule has 26 heavy (non-hydrogen) atoms. The number of piperidine rings is 1. The average molecular weight is 361 g/mol. The minimum absolute atomic E-state index is 0.479. The van der Waals surface area contributed by atoms with Crippen LogP contribution in [0.25, 0.3) is 0 Å². The molecule has 1 atom stereocenters. The molecule has 132 valence electrons. The summed E-state index contributed by atoms with van der Waals surface area (Å²) in [5.41, 5.74) is 2.74. The molecule has 0 spiro atoms. The molecule has 1 aromatic heterocycles. The zero-order valence-corrected chi connectivity index (χ0v) is 15.7. The van der Waals surface area contributed by atoms with Gasteiger partial charge in [0.05, 0.1) is 0 Å². The highest BCUT2D eigenvalue weighted by Crippen LogP contribution is 2.33. The van der Waals surface area contributed by atoms with Gasteiger partial charge < -0.3 is 0 Å². The number of likely N-dealkylation sites (tertiary alicyclic amines) is 1. The van der Waals surface area contributed by atoms with E-state index in [1.165, 1.54) is 41.8 Å². The number of pyridine rings is 1. The summed E-state index contributed by atoms with van der Waals surface area (Å²) in [7, 11) is 0. The summed E-state index contributed by atoms with van der Waals surface area (Å²) >= 11 is 1.72. The lowest BCUT2D eigenvalue weighted by Crippen LogP contribution is -2.33. The maximum absolute atomic E-state index is 4.73. The summed E-state index contributed by atoms with van der Waals surface area (Å²) in [6.45, 7) is 2.19. The monoisotopic (exact) mass is 360 g/mol. The molecular weight excluding hydrogens is 336 g/mol. The van der Waals surface area contributed by atoms with Crippen molar-refractivity contribution in [3.8, 4) is 0 Å². The lowest BCUT2D eigenvalue weighted by Gasteiger charge is -2.36. The van der Waals surface area contributed by atoms with Crippen molar-refractivity contribution in [2.45, 2.75) is 41.8 Å². The van der Waals surface area contributed by atoms with Gasteiger partial charge >= 0.3 is 0 Å². The lowest BCUT2D eigenvalue weighted by molar-refractivity contribution is 0.140. The predicted octanol–water partition coefficient (Wildman–Crippen LogP) is 5.96. The van der Waals surface area contributed by atoms with Crippen LogP contribution in [0.4, 0.5) is 0 Å². The first kappa shape index (κ1) is 17.3. The fraction of sp³-hybridized carbons (Fsp3) is 0.261. The topological polar surface area (TPSA) is 16.1 Å². The van der Waals surface area contributed by atoms with Crippen LogP contribution in [0.5, 0.6) is 0 Å². The van der Waals surface area contributed by atoms with Crippen LogP contribution in [0.2, 0.25) is 0 Å². The zero-order valence-electron chi connectivity index (χ0n) is 14.9. The second-order valence-electron chi connectivity index (χ2n) is 6.81. The first-order chi connectivity index (χ1) is 12.9. The Bertz CT molecular complexity index is 803. The Morgan fingerprint density at radius 1 is 0.885 bits per heavy atom. The third kappa shape index (κ3) is 4.35. The van der Waals surface area contributed by atoms with Gasteiger partial charge in [-0.1, -0.05) is 72.8 Å². The van der Waals surface area contributed by atoms with Crippen molar-refractivity contribution in [1.29, 1.82) is 0 Å². The molecule has 1 aliphatic rings. The van der Waals surface area contributed by atoms with E-state index in [0.717, 1.165) is 11.6 Å². The standard InChI is InChI=1S/C23H24N2S/c1-3-9-19(10-4-1)18-25-16-8-7-13-22(25)20-14-15-23(24-17-20)26-21-11-5-2-6-12-21/h1-6,9-12,14-15,17,22H,7-8,13,16,18H2/t22-/m0/s1. The summed E-state index contributed by atoms with van der Waals surface area (Å²) in [6, 6.07) is 26.2. The van der Waals surface area contributed by atoms with Crippen molar-refractivity contribution in [3.63, 3.8) is 0 Å². The van der Waals surface area contributed by atoms with Crippen molar-refractivity contribution in [1.82, 2.24) is 9.88 Å². The van der Waals surface area contributed by atoms with E-state index in [1.807, 2.05) is 6.07 Å². The number of nitrogens with zero attached hydrogens (tertiary/aromatic N) is 2. The first-order valence-corrected chi connectivity index (χ1v) is 10.2. The molecule has 0 bridgehead atoms. The van der Waals surface area contributed by atoms with Crippen molar-refractivity contribution >= 4 is 11.8 Å². The molecule has 2 heterocycles. The van der Waals surface area contributed by atoms with Crippen LogP contribution in [0, 0.1) is 0 Å². The Morgan fingerprint density at radius 3 is 2.38 bits per heavy atom. The molecule has 1 saturated heterocycles. The third-order valence-electron chi connectivity index (χ3n) is 4.95. The smallest absolute Gasteiger partial charge is 0.101 e. The highest BCUT2D eigenvalue weighted by atomic mass is 32.2. The van der Waals surface area contributed by atoms with Crippen molar-refractivity contribution in [2.24, 2.45) is 0 Å². The minimum atomic E-state index is 0.479. The average Bonchev–Trinajstić information content (AvgIpc) is 2.71. The summed E-state index contributed by atoms with van der Waals surface area (Å²) < 4.78 is 0. The van der Waals surface area contributed by atoms with Crippen LogP contribution in [-0.2, 0) is 6.54 Å². The van der Waals surface area contributed by atoms with E-state index in [4.69, 9.17) is 4.98 Å². The van der Waals surface area contributed by atoms with Gasteiger partial charge in [0.1, 0.15) is 5.03 Å². The molecule has 0 unspecified atom stereocenters. The van der Waals surface area contributed by atoms with Crippen LogP contribution in [0.15, 0.2) is 88.9 Å². The SMILES string of the molecule is c1ccc(CN2CCCC[C@H]2c2ccc(Sc3ccccc3)nc2)cc1. The fourth-order valence-corrected chi connectivity index (χ4v) is 4.41. The maximum atomic E-state index is 4.73. The van der Waals surface area contributed by atoms with Gasteiger partial charge in [0.2, 0.25) is 0 Å². The van der Waals surface area contributed by atoms with Crippen molar-refractivity contribution in [3.05, 3.63) is 90.1 Å². The van der Waals surface area contributed by atoms with Gasteiger partial charge in [-0.3, -0.25) is 4.90 Å². The van der Waals surface area contributed by atoms with E-state index in [9.17, 15) is 0 Å². The predicted molar refractivity (Wildman–Crippen MR) is 108 cm³/mol. The minimum Gasteiger partial charge on any atom is -0.292 e. The van der Waals surface area contributed by atoms with E-state index in [2.05, 4.69) is 77.8 Å². The van der Waals surface area contributed by atoms with Crippen LogP contribution >= 0.6 is 11.8 Å². The van der Waals surface area contributed by atoms with E-state index in [0.29, 0.717) is 6.04 Å².